The molecule has 28 heavy (non-hydrogen) atoms. The van der Waals surface area contributed by atoms with Gasteiger partial charge in [-0.3, -0.25) is 0 Å². The van der Waals surface area contributed by atoms with Crippen LogP contribution in [0.25, 0.3) is 31.6 Å². The van der Waals surface area contributed by atoms with Crippen LogP contribution in [0, 0.1) is 18.3 Å². The first-order valence-electron chi connectivity index (χ1n) is 8.96. The van der Waals surface area contributed by atoms with Crippen molar-refractivity contribution < 1.29 is 0 Å². The Morgan fingerprint density at radius 3 is 2.79 bits per heavy atom. The predicted octanol–water partition coefficient (Wildman–Crippen LogP) is 6.37. The number of thiophene rings is 1. The summed E-state index contributed by atoms with van der Waals surface area (Å²) in [6, 6.07) is 20.9. The van der Waals surface area contributed by atoms with Crippen LogP contribution in [-0.4, -0.2) is 9.97 Å². The van der Waals surface area contributed by atoms with Crippen molar-refractivity contribution >= 4 is 43.8 Å². The van der Waals surface area contributed by atoms with Crippen LogP contribution in [0.15, 0.2) is 67.0 Å². The van der Waals surface area contributed by atoms with Crippen molar-refractivity contribution in [3.8, 4) is 16.5 Å². The Balaban J connectivity index is 1.67. The molecule has 0 bridgehead atoms. The third-order valence-electron chi connectivity index (χ3n) is 4.90. The average Bonchev–Trinajstić information content (AvgIpc) is 3.35. The van der Waals surface area contributed by atoms with E-state index >= 15 is 0 Å². The summed E-state index contributed by atoms with van der Waals surface area (Å²) < 4.78 is 0. The summed E-state index contributed by atoms with van der Waals surface area (Å²) in [4.78, 5) is 9.81. The summed E-state index contributed by atoms with van der Waals surface area (Å²) in [6.07, 6.45) is 3.59. The van der Waals surface area contributed by atoms with Crippen molar-refractivity contribution in [1.82, 2.24) is 9.97 Å². The number of nitrogens with zero attached hydrogens (tertiary/aromatic N) is 2. The Labute approximate surface area is 166 Å². The molecule has 0 radical (unpaired) electrons. The van der Waals surface area contributed by atoms with Gasteiger partial charge in [0, 0.05) is 39.2 Å². The molecule has 0 aliphatic heterocycles. The number of nitriles is 1. The molecule has 0 aliphatic carbocycles. The third kappa shape index (κ3) is 2.72. The highest BCUT2D eigenvalue weighted by Gasteiger charge is 2.15. The van der Waals surface area contributed by atoms with Crippen molar-refractivity contribution in [1.29, 1.82) is 5.26 Å². The Morgan fingerprint density at radius 2 is 1.96 bits per heavy atom. The second kappa shape index (κ2) is 6.52. The zero-order valence-corrected chi connectivity index (χ0v) is 16.0. The Hall–Kier alpha value is -3.62. The van der Waals surface area contributed by atoms with Crippen LogP contribution in [0.4, 0.5) is 11.4 Å². The molecule has 2 aromatic carbocycles. The van der Waals surface area contributed by atoms with Crippen LogP contribution >= 0.6 is 11.3 Å². The van der Waals surface area contributed by atoms with Crippen molar-refractivity contribution in [2.24, 2.45) is 0 Å². The Morgan fingerprint density at radius 1 is 1.11 bits per heavy atom. The molecule has 0 spiro atoms. The van der Waals surface area contributed by atoms with Crippen molar-refractivity contribution in [2.45, 2.75) is 6.92 Å². The lowest BCUT2D eigenvalue weighted by atomic mass is 10.1. The highest BCUT2D eigenvalue weighted by atomic mass is 32.1. The van der Waals surface area contributed by atoms with Gasteiger partial charge in [-0.15, -0.1) is 11.3 Å². The number of aryl methyl sites for hydroxylation is 1. The number of nitrogens with one attached hydrogen (secondary N) is 2. The summed E-state index contributed by atoms with van der Waals surface area (Å²) in [5, 5.41) is 15.3. The van der Waals surface area contributed by atoms with Gasteiger partial charge in [-0.1, -0.05) is 30.3 Å². The number of fused-ring (bicyclic) bond motifs is 2. The van der Waals surface area contributed by atoms with Crippen molar-refractivity contribution in [3.05, 3.63) is 78.1 Å². The molecule has 134 valence electrons. The molecule has 0 unspecified atom stereocenters. The number of pyridine rings is 1. The van der Waals surface area contributed by atoms with Crippen LogP contribution in [-0.2, 0) is 0 Å². The molecular formula is C23H16N4S. The smallest absolute Gasteiger partial charge is 0.126 e. The van der Waals surface area contributed by atoms with Gasteiger partial charge in [0.25, 0.3) is 0 Å². The number of hydrogen-bond acceptors (Lipinski definition) is 4. The zero-order valence-electron chi connectivity index (χ0n) is 15.2. The maximum absolute atomic E-state index is 9.66. The number of aromatic nitrogens is 2. The fourth-order valence-electron chi connectivity index (χ4n) is 3.43. The minimum Gasteiger partial charge on any atom is -0.361 e. The molecule has 0 fully saturated rings. The van der Waals surface area contributed by atoms with Gasteiger partial charge in [-0.25, -0.2) is 4.98 Å². The van der Waals surface area contributed by atoms with E-state index in [2.05, 4.69) is 58.6 Å². The van der Waals surface area contributed by atoms with Gasteiger partial charge < -0.3 is 10.3 Å². The predicted molar refractivity (Wildman–Crippen MR) is 116 cm³/mol. The maximum Gasteiger partial charge on any atom is 0.126 e. The second-order valence-electron chi connectivity index (χ2n) is 6.71. The van der Waals surface area contributed by atoms with Crippen LogP contribution in [0.3, 0.4) is 0 Å². The fourth-order valence-corrected chi connectivity index (χ4v) is 4.45. The standard InChI is InChI=1S/C23H16N4S/c1-14-9-20-16(7-8-25-20)10-19(14)27-22-17(12-24)13-26-23-18(22)11-21(28-23)15-5-3-2-4-6-15/h2-11,13,25H,1H3,(H,26,27). The van der Waals surface area contributed by atoms with E-state index in [0.29, 0.717) is 5.56 Å². The van der Waals surface area contributed by atoms with Gasteiger partial charge in [-0.05, 0) is 42.3 Å². The molecule has 4 nitrogen and oxygen atoms in total. The van der Waals surface area contributed by atoms with Crippen LogP contribution < -0.4 is 5.32 Å². The summed E-state index contributed by atoms with van der Waals surface area (Å²) >= 11 is 1.64. The van der Waals surface area contributed by atoms with E-state index in [0.717, 1.165) is 48.5 Å². The van der Waals surface area contributed by atoms with Crippen LogP contribution in [0.2, 0.25) is 0 Å². The van der Waals surface area contributed by atoms with E-state index in [1.54, 1.807) is 17.5 Å². The lowest BCUT2D eigenvalue weighted by molar-refractivity contribution is 1.37. The molecule has 2 N–H and O–H groups in total. The second-order valence-corrected chi connectivity index (χ2v) is 7.74. The molecule has 0 amide bonds. The lowest BCUT2D eigenvalue weighted by Crippen LogP contribution is -1.97. The fraction of sp³-hybridized carbons (Fsp3) is 0.0435. The van der Waals surface area contributed by atoms with E-state index in [1.807, 2.05) is 30.5 Å². The molecule has 0 atom stereocenters. The summed E-state index contributed by atoms with van der Waals surface area (Å²) in [5.41, 5.74) is 5.71. The molecule has 5 aromatic rings. The van der Waals surface area contributed by atoms with Crippen molar-refractivity contribution in [3.63, 3.8) is 0 Å². The van der Waals surface area contributed by atoms with E-state index in [-0.39, 0.29) is 0 Å². The topological polar surface area (TPSA) is 64.5 Å². The first-order chi connectivity index (χ1) is 13.7. The first-order valence-corrected chi connectivity index (χ1v) is 9.77. The molecule has 5 heteroatoms. The summed E-state index contributed by atoms with van der Waals surface area (Å²) in [6.45, 7) is 2.07. The number of anilines is 2. The van der Waals surface area contributed by atoms with E-state index in [9.17, 15) is 5.26 Å². The molecular weight excluding hydrogens is 364 g/mol. The largest absolute Gasteiger partial charge is 0.361 e. The molecule has 0 saturated heterocycles. The van der Waals surface area contributed by atoms with Gasteiger partial charge >= 0.3 is 0 Å². The third-order valence-corrected chi connectivity index (χ3v) is 5.99. The number of hydrogen-bond donors (Lipinski definition) is 2. The highest BCUT2D eigenvalue weighted by molar-refractivity contribution is 7.21. The average molecular weight is 380 g/mol. The van der Waals surface area contributed by atoms with Crippen molar-refractivity contribution in [2.75, 3.05) is 5.32 Å². The number of aromatic amines is 1. The summed E-state index contributed by atoms with van der Waals surface area (Å²) in [5.74, 6) is 0. The van der Waals surface area contributed by atoms with Gasteiger partial charge in [0.05, 0.1) is 11.3 Å². The van der Waals surface area contributed by atoms with E-state index in [1.165, 1.54) is 0 Å². The lowest BCUT2D eigenvalue weighted by Gasteiger charge is -2.12. The number of benzene rings is 2. The Kier molecular flexibility index (Phi) is 3.85. The van der Waals surface area contributed by atoms with E-state index < -0.39 is 0 Å². The number of H-pyrrole nitrogens is 1. The van der Waals surface area contributed by atoms with Gasteiger partial charge in [0.1, 0.15) is 10.9 Å². The SMILES string of the molecule is Cc1cc2[nH]ccc2cc1Nc1c(C#N)cnc2sc(-c3ccccc3)cc12. The molecule has 0 aliphatic rings. The van der Waals surface area contributed by atoms with E-state index in [4.69, 9.17) is 0 Å². The van der Waals surface area contributed by atoms with Gasteiger partial charge in [0.2, 0.25) is 0 Å². The Bertz CT molecular complexity index is 1360. The molecule has 3 aromatic heterocycles. The van der Waals surface area contributed by atoms with Crippen LogP contribution in [0.1, 0.15) is 11.1 Å². The minimum atomic E-state index is 0.540. The molecule has 0 saturated carbocycles. The first kappa shape index (κ1) is 16.5. The zero-order chi connectivity index (χ0) is 19.1. The monoisotopic (exact) mass is 380 g/mol. The summed E-state index contributed by atoms with van der Waals surface area (Å²) in [7, 11) is 0. The van der Waals surface area contributed by atoms with Gasteiger partial charge in [-0.2, -0.15) is 5.26 Å². The number of rotatable bonds is 3. The highest BCUT2D eigenvalue weighted by Crippen LogP contribution is 2.39. The van der Waals surface area contributed by atoms with Gasteiger partial charge in [0.15, 0.2) is 0 Å². The normalized spacial score (nSPS) is 11.0. The molecule has 3 heterocycles. The van der Waals surface area contributed by atoms with Crippen LogP contribution in [0.5, 0.6) is 0 Å². The minimum absolute atomic E-state index is 0.540. The quantitative estimate of drug-likeness (QED) is 0.382. The molecule has 5 rings (SSSR count). The maximum atomic E-state index is 9.66.